The topological polar surface area (TPSA) is 61.4 Å². The Morgan fingerprint density at radius 3 is 2.83 bits per heavy atom. The van der Waals surface area contributed by atoms with Crippen LogP contribution in [0.1, 0.15) is 30.9 Å². The third-order valence-corrected chi connectivity index (χ3v) is 4.27. The van der Waals surface area contributed by atoms with Crippen LogP contribution in [-0.2, 0) is 17.8 Å². The molecule has 2 rings (SSSR count). The van der Waals surface area contributed by atoms with Crippen molar-refractivity contribution in [3.8, 4) is 0 Å². The van der Waals surface area contributed by atoms with Crippen molar-refractivity contribution in [2.45, 2.75) is 44.9 Å². The van der Waals surface area contributed by atoms with Gasteiger partial charge >= 0.3 is 12.1 Å². The zero-order chi connectivity index (χ0) is 17.0. The molecule has 3 N–H and O–H groups in total. The first-order valence-corrected chi connectivity index (χ1v) is 7.65. The van der Waals surface area contributed by atoms with Gasteiger partial charge in [-0.05, 0) is 48.4 Å². The lowest BCUT2D eigenvalue weighted by Crippen LogP contribution is -2.34. The van der Waals surface area contributed by atoms with Crippen molar-refractivity contribution in [3.05, 3.63) is 29.3 Å². The highest BCUT2D eigenvalue weighted by molar-refractivity contribution is 5.95. The van der Waals surface area contributed by atoms with Gasteiger partial charge in [-0.25, -0.2) is 0 Å². The molecule has 0 bridgehead atoms. The van der Waals surface area contributed by atoms with E-state index in [1.807, 2.05) is 5.32 Å². The predicted octanol–water partition coefficient (Wildman–Crippen LogP) is 2.61. The van der Waals surface area contributed by atoms with Gasteiger partial charge in [0.15, 0.2) is 0 Å². The van der Waals surface area contributed by atoms with Gasteiger partial charge < -0.3 is 15.7 Å². The maximum Gasteiger partial charge on any atom is 0.471 e. The molecule has 0 spiro atoms. The number of benzene rings is 1. The minimum atomic E-state index is -4.89. The number of alkyl halides is 3. The van der Waals surface area contributed by atoms with Crippen molar-refractivity contribution >= 4 is 11.6 Å². The Morgan fingerprint density at radius 2 is 2.17 bits per heavy atom. The minimum Gasteiger partial charge on any atom is -0.396 e. The van der Waals surface area contributed by atoms with E-state index in [2.05, 4.69) is 12.2 Å². The summed E-state index contributed by atoms with van der Waals surface area (Å²) in [7, 11) is 0. The molecule has 1 amide bonds. The van der Waals surface area contributed by atoms with E-state index in [4.69, 9.17) is 5.11 Å². The van der Waals surface area contributed by atoms with Crippen LogP contribution in [0.3, 0.4) is 0 Å². The second-order valence-electron chi connectivity index (χ2n) is 5.95. The largest absolute Gasteiger partial charge is 0.471 e. The molecule has 1 aromatic rings. The average Bonchev–Trinajstić information content (AvgIpc) is 2.68. The Hall–Kier alpha value is -1.60. The van der Waals surface area contributed by atoms with Crippen LogP contribution >= 0.6 is 0 Å². The van der Waals surface area contributed by atoms with Gasteiger partial charge in [-0.2, -0.15) is 13.2 Å². The van der Waals surface area contributed by atoms with Crippen molar-refractivity contribution < 1.29 is 23.1 Å². The van der Waals surface area contributed by atoms with E-state index in [0.717, 1.165) is 24.0 Å². The van der Waals surface area contributed by atoms with Gasteiger partial charge in [0.25, 0.3) is 0 Å². The minimum absolute atomic E-state index is 0.139. The summed E-state index contributed by atoms with van der Waals surface area (Å²) in [4.78, 5) is 11.0. The van der Waals surface area contributed by atoms with E-state index in [1.54, 1.807) is 12.1 Å². The van der Waals surface area contributed by atoms with Crippen molar-refractivity contribution in [1.82, 2.24) is 5.32 Å². The predicted molar refractivity (Wildman–Crippen MR) is 80.9 cm³/mol. The lowest BCUT2D eigenvalue weighted by atomic mass is 9.94. The van der Waals surface area contributed by atoms with Gasteiger partial charge in [0.2, 0.25) is 0 Å². The van der Waals surface area contributed by atoms with Crippen molar-refractivity contribution in [2.75, 3.05) is 11.9 Å². The Bertz CT molecular complexity index is 561. The number of carbonyl (C=O) groups is 1. The summed E-state index contributed by atoms with van der Waals surface area (Å²) in [5.74, 6) is -1.64. The Morgan fingerprint density at radius 1 is 1.43 bits per heavy atom. The Kier molecular flexibility index (Phi) is 5.64. The summed E-state index contributed by atoms with van der Waals surface area (Å²) in [6, 6.07) is 5.09. The van der Waals surface area contributed by atoms with Gasteiger partial charge in [0.1, 0.15) is 0 Å². The molecule has 1 heterocycles. The summed E-state index contributed by atoms with van der Waals surface area (Å²) >= 11 is 0. The van der Waals surface area contributed by atoms with Gasteiger partial charge in [0.05, 0.1) is 0 Å². The standard InChI is InChI=1S/C16H21F3N2O2/c1-10(6-7-22)14-5-3-11-8-13(4-2-12(11)9-20-14)21-15(23)16(17,18)19/h2,4,8,10,14,20,22H,3,5-7,9H2,1H3,(H,21,23). The molecule has 0 radical (unpaired) electrons. The summed E-state index contributed by atoms with van der Waals surface area (Å²) < 4.78 is 36.9. The second-order valence-corrected chi connectivity index (χ2v) is 5.95. The number of fused-ring (bicyclic) bond motifs is 1. The third kappa shape index (κ3) is 4.68. The van der Waals surface area contributed by atoms with E-state index in [-0.39, 0.29) is 18.3 Å². The summed E-state index contributed by atoms with van der Waals surface area (Å²) in [5, 5.41) is 14.4. The number of rotatable bonds is 4. The monoisotopic (exact) mass is 330 g/mol. The van der Waals surface area contributed by atoms with Gasteiger partial charge in [0, 0.05) is 24.9 Å². The van der Waals surface area contributed by atoms with E-state index in [0.29, 0.717) is 18.9 Å². The first-order chi connectivity index (χ1) is 10.8. The molecule has 0 aromatic heterocycles. The highest BCUT2D eigenvalue weighted by Crippen LogP contribution is 2.25. The van der Waals surface area contributed by atoms with Gasteiger partial charge in [-0.3, -0.25) is 4.79 Å². The number of hydrogen-bond donors (Lipinski definition) is 3. The fraction of sp³-hybridized carbons (Fsp3) is 0.562. The summed E-state index contributed by atoms with van der Waals surface area (Å²) in [6.45, 7) is 2.84. The molecule has 1 aliphatic rings. The van der Waals surface area contributed by atoms with Crippen molar-refractivity contribution in [3.63, 3.8) is 0 Å². The molecule has 0 fully saturated rings. The smallest absolute Gasteiger partial charge is 0.396 e. The lowest BCUT2D eigenvalue weighted by Gasteiger charge is -2.22. The summed E-state index contributed by atoms with van der Waals surface area (Å²) in [6.07, 6.45) is -2.62. The molecular formula is C16H21F3N2O2. The summed E-state index contributed by atoms with van der Waals surface area (Å²) in [5.41, 5.74) is 2.12. The molecule has 128 valence electrons. The molecule has 0 saturated carbocycles. The lowest BCUT2D eigenvalue weighted by molar-refractivity contribution is -0.167. The fourth-order valence-corrected chi connectivity index (χ4v) is 2.86. The van der Waals surface area contributed by atoms with Gasteiger partial charge in [-0.1, -0.05) is 13.0 Å². The van der Waals surface area contributed by atoms with Crippen molar-refractivity contribution in [2.24, 2.45) is 5.92 Å². The molecular weight excluding hydrogens is 309 g/mol. The van der Waals surface area contributed by atoms with Crippen LogP contribution in [0.15, 0.2) is 18.2 Å². The van der Waals surface area contributed by atoms with Crippen LogP contribution in [0.4, 0.5) is 18.9 Å². The first-order valence-electron chi connectivity index (χ1n) is 7.65. The van der Waals surface area contributed by atoms with Crippen molar-refractivity contribution in [1.29, 1.82) is 0 Å². The molecule has 0 aliphatic carbocycles. The number of aliphatic hydroxyl groups is 1. The zero-order valence-corrected chi connectivity index (χ0v) is 12.9. The van der Waals surface area contributed by atoms with Crippen LogP contribution in [0.2, 0.25) is 0 Å². The number of nitrogens with one attached hydrogen (secondary N) is 2. The number of hydrogen-bond acceptors (Lipinski definition) is 3. The molecule has 23 heavy (non-hydrogen) atoms. The number of aliphatic hydroxyl groups excluding tert-OH is 1. The fourth-order valence-electron chi connectivity index (χ4n) is 2.86. The van der Waals surface area contributed by atoms with Crippen LogP contribution in [-0.4, -0.2) is 29.8 Å². The first kappa shape index (κ1) is 17.7. The zero-order valence-electron chi connectivity index (χ0n) is 12.9. The maximum absolute atomic E-state index is 12.3. The number of aryl methyl sites for hydroxylation is 1. The molecule has 1 aliphatic heterocycles. The SMILES string of the molecule is CC(CCO)C1CCc2cc(NC(=O)C(F)(F)F)ccc2CN1. The molecule has 7 heteroatoms. The number of carbonyl (C=O) groups excluding carboxylic acids is 1. The maximum atomic E-state index is 12.3. The van der Waals surface area contributed by atoms with E-state index in [1.165, 1.54) is 6.07 Å². The van der Waals surface area contributed by atoms with Crippen LogP contribution in [0, 0.1) is 5.92 Å². The third-order valence-electron chi connectivity index (χ3n) is 4.27. The average molecular weight is 330 g/mol. The van der Waals surface area contributed by atoms with E-state index >= 15 is 0 Å². The van der Waals surface area contributed by atoms with E-state index in [9.17, 15) is 18.0 Å². The molecule has 2 unspecified atom stereocenters. The molecule has 1 aromatic carbocycles. The Balaban J connectivity index is 2.07. The molecule has 4 nitrogen and oxygen atoms in total. The number of amides is 1. The van der Waals surface area contributed by atoms with Gasteiger partial charge in [-0.15, -0.1) is 0 Å². The molecule has 2 atom stereocenters. The van der Waals surface area contributed by atoms with Crippen LogP contribution in [0.25, 0.3) is 0 Å². The highest BCUT2D eigenvalue weighted by Gasteiger charge is 2.38. The Labute approximate surface area is 133 Å². The van der Waals surface area contributed by atoms with E-state index < -0.39 is 12.1 Å². The normalized spacial score (nSPS) is 19.6. The van der Waals surface area contributed by atoms with Crippen LogP contribution < -0.4 is 10.6 Å². The molecule has 0 saturated heterocycles. The second kappa shape index (κ2) is 7.31. The number of anilines is 1. The number of halogens is 3. The quantitative estimate of drug-likeness (QED) is 0.795. The highest BCUT2D eigenvalue weighted by atomic mass is 19.4. The van der Waals surface area contributed by atoms with Crippen LogP contribution in [0.5, 0.6) is 0 Å².